The molecule has 0 aliphatic heterocycles. The molecule has 0 N–H and O–H groups in total. The Hall–Kier alpha value is 0.451. The highest BCUT2D eigenvalue weighted by Crippen LogP contribution is 2.06. The van der Waals surface area contributed by atoms with Crippen LogP contribution in [-0.4, -0.2) is 60.2 Å². The molecule has 0 aromatic heterocycles. The Bertz CT molecular complexity index is 139. The van der Waals surface area contributed by atoms with Gasteiger partial charge in [-0.15, -0.1) is 0 Å². The first-order valence-corrected chi connectivity index (χ1v) is 10.2. The molecule has 14 heavy (non-hydrogen) atoms. The Balaban J connectivity index is 4.51. The Kier molecular flexibility index (Phi) is 7.95. The first kappa shape index (κ1) is 14.5. The van der Waals surface area contributed by atoms with Gasteiger partial charge in [-0.3, -0.25) is 3.90 Å². The van der Waals surface area contributed by atoms with Gasteiger partial charge < -0.3 is 17.7 Å². The van der Waals surface area contributed by atoms with Gasteiger partial charge in [0.1, 0.15) is 0 Å². The molecule has 0 saturated carbocycles. The van der Waals surface area contributed by atoms with Gasteiger partial charge in [-0.1, -0.05) is 0 Å². The van der Waals surface area contributed by atoms with Gasteiger partial charge in [0.2, 0.25) is 18.4 Å². The molecule has 2 unspecified atom stereocenters. The van der Waals surface area contributed by atoms with Gasteiger partial charge in [-0.25, -0.2) is 0 Å². The molecule has 2 atom stereocenters. The van der Waals surface area contributed by atoms with Crippen molar-refractivity contribution in [2.75, 3.05) is 28.4 Å². The van der Waals surface area contributed by atoms with Crippen LogP contribution in [0.5, 0.6) is 0 Å². The minimum absolute atomic E-state index is 1.38. The average Bonchev–Trinajstić information content (AvgIpc) is 2.23. The lowest BCUT2D eigenvalue weighted by molar-refractivity contribution is 0.237. The maximum absolute atomic E-state index is 5.41. The summed E-state index contributed by atoms with van der Waals surface area (Å²) >= 11 is 0. The van der Waals surface area contributed by atoms with Crippen LogP contribution in [0.15, 0.2) is 0 Å². The summed E-state index contributed by atoms with van der Waals surface area (Å²) < 4.78 is 23.8. The Morgan fingerprint density at radius 1 is 0.714 bits per heavy atom. The summed E-state index contributed by atoms with van der Waals surface area (Å²) in [6.45, 7) is 4.22. The van der Waals surface area contributed by atoms with E-state index in [-0.39, 0.29) is 0 Å². The number of rotatable bonds is 7. The molecule has 0 fully saturated rings. The van der Waals surface area contributed by atoms with Crippen molar-refractivity contribution in [3.05, 3.63) is 0 Å². The van der Waals surface area contributed by atoms with Crippen molar-refractivity contribution >= 4 is 27.8 Å². The van der Waals surface area contributed by atoms with Gasteiger partial charge in [-0.05, 0) is 13.1 Å². The largest absolute Gasteiger partial charge is 0.410 e. The molecule has 0 rings (SSSR count). The van der Waals surface area contributed by atoms with Crippen molar-refractivity contribution in [2.45, 2.75) is 13.1 Å². The molecule has 0 saturated heterocycles. The Labute approximate surface area is 91.4 Å². The van der Waals surface area contributed by atoms with Crippen LogP contribution in [0.3, 0.4) is 0 Å². The van der Waals surface area contributed by atoms with Crippen LogP contribution in [0.4, 0.5) is 0 Å². The summed E-state index contributed by atoms with van der Waals surface area (Å²) in [5.41, 5.74) is 0. The zero-order valence-corrected chi connectivity index (χ0v) is 13.3. The minimum atomic E-state index is -1.75. The van der Waals surface area contributed by atoms with E-state index in [9.17, 15) is 0 Å². The lowest BCUT2D eigenvalue weighted by Crippen LogP contribution is -2.58. The second-order valence-corrected chi connectivity index (χ2v) is 11.4. The van der Waals surface area contributed by atoms with Gasteiger partial charge >= 0.3 is 9.45 Å². The van der Waals surface area contributed by atoms with Crippen LogP contribution in [0.25, 0.3) is 0 Å². The zero-order chi connectivity index (χ0) is 11.1. The third kappa shape index (κ3) is 3.90. The van der Waals surface area contributed by atoms with Gasteiger partial charge in [0.25, 0.3) is 0 Å². The SMILES string of the molecule is CO[SiH](C)N([SiH](C)OC)[SiH](OC)OC. The molecule has 0 bridgehead atoms. The van der Waals surface area contributed by atoms with Crippen molar-refractivity contribution in [1.29, 1.82) is 0 Å². The van der Waals surface area contributed by atoms with Crippen LogP contribution in [-0.2, 0) is 17.7 Å². The van der Waals surface area contributed by atoms with E-state index in [0.29, 0.717) is 0 Å². The highest BCUT2D eigenvalue weighted by atomic mass is 28.4. The second-order valence-electron chi connectivity index (χ2n) is 2.90. The van der Waals surface area contributed by atoms with Crippen LogP contribution in [0, 0.1) is 0 Å². The normalized spacial score (nSPS) is 16.3. The highest BCUT2D eigenvalue weighted by Gasteiger charge is 2.33. The molecular weight excluding hydrogens is 234 g/mol. The van der Waals surface area contributed by atoms with Crippen LogP contribution in [0.2, 0.25) is 13.1 Å². The first-order chi connectivity index (χ1) is 6.62. The lowest BCUT2D eigenvalue weighted by Gasteiger charge is -2.34. The van der Waals surface area contributed by atoms with Crippen molar-refractivity contribution in [2.24, 2.45) is 0 Å². The summed E-state index contributed by atoms with van der Waals surface area (Å²) in [7, 11) is 2.31. The maximum atomic E-state index is 5.41. The average molecular weight is 255 g/mol. The highest BCUT2D eigenvalue weighted by molar-refractivity contribution is 6.78. The van der Waals surface area contributed by atoms with Gasteiger partial charge in [0, 0.05) is 28.4 Å². The van der Waals surface area contributed by atoms with Crippen LogP contribution >= 0.6 is 0 Å². The molecule has 0 aromatic rings. The van der Waals surface area contributed by atoms with Gasteiger partial charge in [0.05, 0.1) is 0 Å². The molecular formula is C6H21NO4Si3. The standard InChI is InChI=1S/C6H21NO4Si3/c1-8-12(5)7(13(6)9-2)14(10-3)11-4/h12-14H,1-6H3. The van der Waals surface area contributed by atoms with E-state index in [1.807, 2.05) is 0 Å². The third-order valence-electron chi connectivity index (χ3n) is 2.17. The molecule has 0 amide bonds. The van der Waals surface area contributed by atoms with Crippen molar-refractivity contribution in [3.63, 3.8) is 0 Å². The summed E-state index contributed by atoms with van der Waals surface area (Å²) in [6, 6.07) is 0. The van der Waals surface area contributed by atoms with E-state index in [1.165, 1.54) is 0 Å². The van der Waals surface area contributed by atoms with Crippen molar-refractivity contribution in [1.82, 2.24) is 3.90 Å². The molecule has 0 spiro atoms. The van der Waals surface area contributed by atoms with E-state index in [2.05, 4.69) is 17.0 Å². The van der Waals surface area contributed by atoms with Gasteiger partial charge in [-0.2, -0.15) is 0 Å². The first-order valence-electron chi connectivity index (χ1n) is 4.51. The maximum Gasteiger partial charge on any atom is 0.399 e. The topological polar surface area (TPSA) is 40.2 Å². The van der Waals surface area contributed by atoms with Crippen LogP contribution in [0.1, 0.15) is 0 Å². The molecule has 0 radical (unpaired) electrons. The third-order valence-corrected chi connectivity index (χ3v) is 13.0. The molecule has 86 valence electrons. The molecule has 5 nitrogen and oxygen atoms in total. The smallest absolute Gasteiger partial charge is 0.399 e. The van der Waals surface area contributed by atoms with E-state index in [1.54, 1.807) is 28.4 Å². The monoisotopic (exact) mass is 255 g/mol. The predicted molar refractivity (Wildman–Crippen MR) is 63.1 cm³/mol. The number of hydrogen-bond acceptors (Lipinski definition) is 5. The number of hydrogen-bond donors (Lipinski definition) is 0. The molecule has 0 heterocycles. The summed E-state index contributed by atoms with van der Waals surface area (Å²) in [4.78, 5) is 0. The number of nitrogens with zero attached hydrogens (tertiary/aromatic N) is 1. The Morgan fingerprint density at radius 3 is 1.29 bits per heavy atom. The minimum Gasteiger partial charge on any atom is -0.410 e. The summed E-state index contributed by atoms with van der Waals surface area (Å²) in [6.07, 6.45) is 0. The second kappa shape index (κ2) is 7.70. The molecule has 0 aliphatic carbocycles. The van der Waals surface area contributed by atoms with E-state index in [0.717, 1.165) is 0 Å². The van der Waals surface area contributed by atoms with Crippen LogP contribution < -0.4 is 0 Å². The van der Waals surface area contributed by atoms with E-state index >= 15 is 0 Å². The fourth-order valence-corrected chi connectivity index (χ4v) is 10.4. The predicted octanol–water partition coefficient (Wildman–Crippen LogP) is -0.708. The van der Waals surface area contributed by atoms with Crippen molar-refractivity contribution < 1.29 is 17.7 Å². The van der Waals surface area contributed by atoms with Crippen molar-refractivity contribution in [3.8, 4) is 0 Å². The summed E-state index contributed by atoms with van der Waals surface area (Å²) in [5, 5.41) is 0. The zero-order valence-electron chi connectivity index (χ0n) is 9.81. The molecule has 8 heteroatoms. The summed E-state index contributed by atoms with van der Waals surface area (Å²) in [5.74, 6) is 0. The molecule has 0 aromatic carbocycles. The van der Waals surface area contributed by atoms with Gasteiger partial charge in [0.15, 0.2) is 0 Å². The Morgan fingerprint density at radius 2 is 1.07 bits per heavy atom. The lowest BCUT2D eigenvalue weighted by atomic mass is 11.8. The fraction of sp³-hybridized carbons (Fsp3) is 1.00. The quantitative estimate of drug-likeness (QED) is 0.562. The fourth-order valence-electron chi connectivity index (χ4n) is 1.22. The molecule has 0 aliphatic rings. The van der Waals surface area contributed by atoms with E-state index < -0.39 is 27.8 Å². The van der Waals surface area contributed by atoms with E-state index in [4.69, 9.17) is 17.7 Å².